The van der Waals surface area contributed by atoms with Gasteiger partial charge in [-0.05, 0) is 40.3 Å². The highest BCUT2D eigenvalue weighted by Crippen LogP contribution is 2.42. The van der Waals surface area contributed by atoms with Crippen molar-refractivity contribution in [2.75, 3.05) is 0 Å². The standard InChI is InChI=1S/C44H25BN4/c1-47-31-23-25-34-37-24-22-30(27-46)41-44(37)48(40(34)26-31)39-21-9-8-20-38(39)45(41)49-42-32(28-12-4-2-5-13-28)16-10-18-35(42)36-19-11-17-33(43(36)49)29-14-6-3-7-15-29/h2-26H. The van der Waals surface area contributed by atoms with Gasteiger partial charge in [-0.15, -0.1) is 0 Å². The van der Waals surface area contributed by atoms with Gasteiger partial charge in [0.15, 0.2) is 5.69 Å². The molecule has 3 heterocycles. The quantitative estimate of drug-likeness (QED) is 0.143. The molecule has 0 fully saturated rings. The molecule has 0 spiro atoms. The zero-order valence-electron chi connectivity index (χ0n) is 26.3. The van der Waals surface area contributed by atoms with E-state index in [0.29, 0.717) is 11.3 Å². The molecule has 5 heteroatoms. The van der Waals surface area contributed by atoms with Crippen LogP contribution in [-0.4, -0.2) is 15.9 Å². The van der Waals surface area contributed by atoms with Gasteiger partial charge < -0.3 is 9.05 Å². The maximum absolute atomic E-state index is 10.8. The molecule has 10 rings (SSSR count). The van der Waals surface area contributed by atoms with Gasteiger partial charge in [0.25, 0.3) is 0 Å². The predicted molar refractivity (Wildman–Crippen MR) is 202 cm³/mol. The molecule has 224 valence electrons. The van der Waals surface area contributed by atoms with Crippen molar-refractivity contribution in [3.8, 4) is 34.0 Å². The number of nitrogens with zero attached hydrogens (tertiary/aromatic N) is 4. The molecular formula is C44H25BN4. The summed E-state index contributed by atoms with van der Waals surface area (Å²) in [5.41, 5.74) is 13.2. The van der Waals surface area contributed by atoms with Crippen molar-refractivity contribution in [2.24, 2.45) is 0 Å². The molecule has 1 aliphatic rings. The number of rotatable bonds is 3. The summed E-state index contributed by atoms with van der Waals surface area (Å²) in [6, 6.07) is 55.6. The molecule has 4 nitrogen and oxygen atoms in total. The van der Waals surface area contributed by atoms with Gasteiger partial charge in [-0.25, -0.2) is 4.85 Å². The molecule has 49 heavy (non-hydrogen) atoms. The van der Waals surface area contributed by atoms with Crippen LogP contribution in [0.1, 0.15) is 5.56 Å². The van der Waals surface area contributed by atoms with Crippen LogP contribution in [0.3, 0.4) is 0 Å². The molecule has 0 atom stereocenters. The third-order valence-electron chi connectivity index (χ3n) is 10.2. The van der Waals surface area contributed by atoms with E-state index in [1.54, 1.807) is 0 Å². The summed E-state index contributed by atoms with van der Waals surface area (Å²) in [5.74, 6) is 0. The third-order valence-corrected chi connectivity index (χ3v) is 10.2. The molecule has 0 unspecified atom stereocenters. The van der Waals surface area contributed by atoms with Gasteiger partial charge in [0.1, 0.15) is 0 Å². The fourth-order valence-corrected chi connectivity index (χ4v) is 8.27. The highest BCUT2D eigenvalue weighted by Gasteiger charge is 2.39. The van der Waals surface area contributed by atoms with Crippen molar-refractivity contribution in [3.63, 3.8) is 0 Å². The van der Waals surface area contributed by atoms with Crippen molar-refractivity contribution < 1.29 is 0 Å². The topological polar surface area (TPSA) is 38.0 Å². The minimum absolute atomic E-state index is 0.318. The minimum Gasteiger partial charge on any atom is -0.375 e. The zero-order chi connectivity index (χ0) is 32.6. The predicted octanol–water partition coefficient (Wildman–Crippen LogP) is 9.62. The maximum atomic E-state index is 10.8. The number of benzene rings is 7. The van der Waals surface area contributed by atoms with Crippen molar-refractivity contribution in [1.29, 1.82) is 5.26 Å². The summed E-state index contributed by atoms with van der Waals surface area (Å²) in [7, 11) is 0. The summed E-state index contributed by atoms with van der Waals surface area (Å²) in [6.07, 6.45) is 0. The summed E-state index contributed by atoms with van der Waals surface area (Å²) in [5, 5.41) is 15.3. The average molecular weight is 621 g/mol. The van der Waals surface area contributed by atoms with Crippen LogP contribution < -0.4 is 10.9 Å². The first-order valence-corrected chi connectivity index (χ1v) is 16.4. The van der Waals surface area contributed by atoms with Gasteiger partial charge in [-0.1, -0.05) is 133 Å². The molecule has 2 aromatic heterocycles. The lowest BCUT2D eigenvalue weighted by molar-refractivity contribution is 1.18. The van der Waals surface area contributed by atoms with E-state index in [1.165, 1.54) is 10.8 Å². The monoisotopic (exact) mass is 620 g/mol. The molecule has 1 aliphatic heterocycles. The highest BCUT2D eigenvalue weighted by atomic mass is 15.0. The van der Waals surface area contributed by atoms with Crippen molar-refractivity contribution in [3.05, 3.63) is 169 Å². The lowest BCUT2D eigenvalue weighted by Crippen LogP contribution is -2.54. The number of nitriles is 1. The summed E-state index contributed by atoms with van der Waals surface area (Å²) in [6.45, 7) is 7.46. The molecule has 0 saturated carbocycles. The second kappa shape index (κ2) is 10.3. The van der Waals surface area contributed by atoms with Crippen LogP contribution in [0.15, 0.2) is 152 Å². The van der Waals surface area contributed by atoms with E-state index in [0.717, 1.165) is 71.7 Å². The SMILES string of the molecule is [C-]#[N+]c1ccc2c3ccc(C#N)c4c3n(c2c1)-c1ccccc1B4n1c2c(-c3ccccc3)cccc2c2cccc(-c3ccccc3)c21. The first kappa shape index (κ1) is 27.3. The van der Waals surface area contributed by atoms with Gasteiger partial charge >= 0.3 is 6.85 Å². The van der Waals surface area contributed by atoms with Gasteiger partial charge in [-0.2, -0.15) is 5.26 Å². The van der Waals surface area contributed by atoms with E-state index >= 15 is 0 Å². The Kier molecular flexibility index (Phi) is 5.77. The van der Waals surface area contributed by atoms with E-state index in [4.69, 9.17) is 6.57 Å². The molecule has 0 N–H and O–H groups in total. The average Bonchev–Trinajstić information content (AvgIpc) is 3.69. The Morgan fingerprint density at radius 1 is 0.571 bits per heavy atom. The van der Waals surface area contributed by atoms with Crippen LogP contribution in [0.2, 0.25) is 0 Å². The van der Waals surface area contributed by atoms with Crippen molar-refractivity contribution in [2.45, 2.75) is 0 Å². The second-order valence-electron chi connectivity index (χ2n) is 12.7. The van der Waals surface area contributed by atoms with Crippen LogP contribution in [0, 0.1) is 17.9 Å². The normalized spacial score (nSPS) is 12.0. The van der Waals surface area contributed by atoms with Gasteiger partial charge in [0.2, 0.25) is 0 Å². The number of hydrogen-bond acceptors (Lipinski definition) is 1. The van der Waals surface area contributed by atoms with Gasteiger partial charge in [0, 0.05) is 54.9 Å². The first-order chi connectivity index (χ1) is 24.3. The van der Waals surface area contributed by atoms with Crippen LogP contribution >= 0.6 is 0 Å². The van der Waals surface area contributed by atoms with Gasteiger partial charge in [-0.3, -0.25) is 0 Å². The van der Waals surface area contributed by atoms with E-state index in [9.17, 15) is 5.26 Å². The zero-order valence-corrected chi connectivity index (χ0v) is 26.3. The highest BCUT2D eigenvalue weighted by molar-refractivity contribution is 6.89. The van der Waals surface area contributed by atoms with Crippen LogP contribution in [0.4, 0.5) is 5.69 Å². The Bertz CT molecular complexity index is 2810. The fourth-order valence-electron chi connectivity index (χ4n) is 8.27. The Balaban J connectivity index is 1.46. The molecular weight excluding hydrogens is 595 g/mol. The molecule has 0 bridgehead atoms. The molecule has 0 aliphatic carbocycles. The van der Waals surface area contributed by atoms with Crippen molar-refractivity contribution in [1.82, 2.24) is 9.05 Å². The summed E-state index contributed by atoms with van der Waals surface area (Å²) < 4.78 is 4.81. The molecule has 0 saturated heterocycles. The van der Waals surface area contributed by atoms with Crippen LogP contribution in [0.5, 0.6) is 0 Å². The van der Waals surface area contributed by atoms with Crippen molar-refractivity contribution >= 4 is 67.1 Å². The molecule has 0 radical (unpaired) electrons. The van der Waals surface area contributed by atoms with Crippen LogP contribution in [-0.2, 0) is 0 Å². The maximum Gasteiger partial charge on any atom is 0.333 e. The summed E-state index contributed by atoms with van der Waals surface area (Å²) >= 11 is 0. The van der Waals surface area contributed by atoms with E-state index in [-0.39, 0.29) is 6.85 Å². The molecule has 9 aromatic rings. The van der Waals surface area contributed by atoms with E-state index in [1.807, 2.05) is 18.2 Å². The Labute approximate surface area is 283 Å². The van der Waals surface area contributed by atoms with Gasteiger partial charge in [0.05, 0.1) is 23.7 Å². The molecule has 0 amide bonds. The number of para-hydroxylation sites is 3. The largest absolute Gasteiger partial charge is 0.375 e. The fraction of sp³-hybridized carbons (Fsp3) is 0. The Hall–Kier alpha value is -6.82. The lowest BCUT2D eigenvalue weighted by atomic mass is 9.47. The Morgan fingerprint density at radius 2 is 1.16 bits per heavy atom. The smallest absolute Gasteiger partial charge is 0.333 e. The van der Waals surface area contributed by atoms with E-state index in [2.05, 4.69) is 153 Å². The Morgan fingerprint density at radius 3 is 1.80 bits per heavy atom. The first-order valence-electron chi connectivity index (χ1n) is 16.4. The number of hydrogen-bond donors (Lipinski definition) is 0. The minimum atomic E-state index is -0.318. The number of aromatic nitrogens is 2. The van der Waals surface area contributed by atoms with E-state index < -0.39 is 0 Å². The third kappa shape index (κ3) is 3.73. The second-order valence-corrected chi connectivity index (χ2v) is 12.7. The number of fused-ring (bicyclic) bond motifs is 8. The van der Waals surface area contributed by atoms with Crippen LogP contribution in [0.25, 0.3) is 76.4 Å². The molecule has 7 aromatic carbocycles. The summed E-state index contributed by atoms with van der Waals surface area (Å²) in [4.78, 5) is 3.78. The lowest BCUT2D eigenvalue weighted by Gasteiger charge is -2.30.